The zero-order valence-corrected chi connectivity index (χ0v) is 16.6. The molecule has 1 aliphatic heterocycles. The van der Waals surface area contributed by atoms with E-state index in [-0.39, 0.29) is 18.2 Å². The van der Waals surface area contributed by atoms with E-state index in [1.807, 2.05) is 43.6 Å². The lowest BCUT2D eigenvalue weighted by atomic mass is 10.1. The molecule has 7 nitrogen and oxygen atoms in total. The molecule has 148 valence electrons. The first-order valence-corrected chi connectivity index (χ1v) is 9.70. The van der Waals surface area contributed by atoms with Crippen molar-refractivity contribution in [3.05, 3.63) is 60.4 Å². The highest BCUT2D eigenvalue weighted by Gasteiger charge is 2.33. The predicted molar refractivity (Wildman–Crippen MR) is 115 cm³/mol. The molecule has 3 aromatic rings. The zero-order valence-electron chi connectivity index (χ0n) is 16.6. The summed E-state index contributed by atoms with van der Waals surface area (Å²) in [6.45, 7) is 4.83. The molecule has 0 bridgehead atoms. The van der Waals surface area contributed by atoms with Crippen LogP contribution in [0, 0.1) is 17.2 Å². The highest BCUT2D eigenvalue weighted by molar-refractivity contribution is 5.83. The molecule has 2 heterocycles. The Bertz CT molecular complexity index is 1020. The summed E-state index contributed by atoms with van der Waals surface area (Å²) in [4.78, 5) is 4.34. The van der Waals surface area contributed by atoms with E-state index in [0.29, 0.717) is 5.56 Å². The van der Waals surface area contributed by atoms with Crippen LogP contribution in [0.4, 0.5) is 17.1 Å². The molecule has 4 rings (SSSR count). The molecular weight excluding hydrogens is 362 g/mol. The van der Waals surface area contributed by atoms with Gasteiger partial charge in [0.25, 0.3) is 0 Å². The predicted octanol–water partition coefficient (Wildman–Crippen LogP) is 3.13. The van der Waals surface area contributed by atoms with Crippen molar-refractivity contribution in [1.82, 2.24) is 10.2 Å². The molecule has 0 amide bonds. The first kappa shape index (κ1) is 19.0. The number of nitrogens with one attached hydrogen (secondary N) is 1. The highest BCUT2D eigenvalue weighted by atomic mass is 15.3. The molecule has 5 N–H and O–H groups in total. The average molecular weight is 387 g/mol. The number of aromatic amines is 1. The van der Waals surface area contributed by atoms with E-state index in [1.54, 1.807) is 0 Å². The van der Waals surface area contributed by atoms with Crippen LogP contribution in [-0.2, 0) is 0 Å². The summed E-state index contributed by atoms with van der Waals surface area (Å²) in [5.74, 6) is 0.168. The topological polar surface area (TPSA) is 111 Å². The Labute approximate surface area is 170 Å². The van der Waals surface area contributed by atoms with Gasteiger partial charge in [-0.1, -0.05) is 13.0 Å². The molecule has 0 saturated heterocycles. The van der Waals surface area contributed by atoms with Gasteiger partial charge in [0.15, 0.2) is 0 Å². The Balaban J connectivity index is 1.90. The van der Waals surface area contributed by atoms with E-state index in [1.165, 1.54) is 0 Å². The van der Waals surface area contributed by atoms with E-state index >= 15 is 0 Å². The number of hydrogen-bond acceptors (Lipinski definition) is 6. The number of nitrogens with zero attached hydrogens (tertiary/aromatic N) is 4. The van der Waals surface area contributed by atoms with Crippen molar-refractivity contribution >= 4 is 17.1 Å². The minimum atomic E-state index is -0.230. The molecule has 0 spiro atoms. The zero-order chi connectivity index (χ0) is 20.5. The fourth-order valence-electron chi connectivity index (χ4n) is 3.93. The molecule has 29 heavy (non-hydrogen) atoms. The van der Waals surface area contributed by atoms with Crippen molar-refractivity contribution in [2.75, 3.05) is 16.3 Å². The van der Waals surface area contributed by atoms with Crippen LogP contribution < -0.4 is 21.3 Å². The Hall–Kier alpha value is -3.34. The van der Waals surface area contributed by atoms with Gasteiger partial charge in [-0.3, -0.25) is 5.10 Å². The molecular formula is C22H25N7. The van der Waals surface area contributed by atoms with E-state index in [4.69, 9.17) is 16.7 Å². The largest absolute Gasteiger partial charge is 0.339 e. The molecule has 7 heteroatoms. The van der Waals surface area contributed by atoms with Gasteiger partial charge in [0.2, 0.25) is 0 Å². The second-order valence-electron chi connectivity index (χ2n) is 7.58. The van der Waals surface area contributed by atoms with Crippen LogP contribution >= 0.6 is 0 Å². The van der Waals surface area contributed by atoms with Gasteiger partial charge in [-0.25, -0.2) is 0 Å². The molecule has 0 aliphatic carbocycles. The number of nitriles is 1. The minimum absolute atomic E-state index is 0.168. The third-order valence-corrected chi connectivity index (χ3v) is 5.50. The van der Waals surface area contributed by atoms with E-state index in [0.717, 1.165) is 34.7 Å². The Morgan fingerprint density at radius 3 is 2.55 bits per heavy atom. The molecule has 3 unspecified atom stereocenters. The smallest absolute Gasteiger partial charge is 0.0991 e. The van der Waals surface area contributed by atoms with Gasteiger partial charge in [-0.05, 0) is 48.9 Å². The molecule has 1 aliphatic rings. The van der Waals surface area contributed by atoms with Gasteiger partial charge >= 0.3 is 0 Å². The molecule has 3 atom stereocenters. The van der Waals surface area contributed by atoms with E-state index in [9.17, 15) is 0 Å². The molecule has 0 fully saturated rings. The maximum absolute atomic E-state index is 9.15. The lowest BCUT2D eigenvalue weighted by Crippen LogP contribution is -2.54. The van der Waals surface area contributed by atoms with Gasteiger partial charge in [0, 0.05) is 29.9 Å². The maximum atomic E-state index is 9.15. The number of nitrogens with two attached hydrogens (primary N) is 2. The first-order valence-electron chi connectivity index (χ1n) is 9.70. The monoisotopic (exact) mass is 387 g/mol. The van der Waals surface area contributed by atoms with E-state index in [2.05, 4.69) is 51.2 Å². The third-order valence-electron chi connectivity index (χ3n) is 5.50. The summed E-state index contributed by atoms with van der Waals surface area (Å²) in [5.41, 5.74) is 18.7. The molecule has 2 aromatic carbocycles. The Morgan fingerprint density at radius 2 is 1.93 bits per heavy atom. The number of aromatic nitrogens is 2. The van der Waals surface area contributed by atoms with Crippen LogP contribution in [0.2, 0.25) is 0 Å². The van der Waals surface area contributed by atoms with Crippen molar-refractivity contribution in [3.8, 4) is 17.2 Å². The van der Waals surface area contributed by atoms with Gasteiger partial charge < -0.3 is 21.3 Å². The van der Waals surface area contributed by atoms with Crippen molar-refractivity contribution in [2.45, 2.75) is 26.2 Å². The SMILES string of the molecule is CC1CN(c2ccc(C#N)cc2)c2cc(-c3cn[nH]c3)ccc2N(C(C)N)C1N. The maximum Gasteiger partial charge on any atom is 0.0991 e. The van der Waals surface area contributed by atoms with Crippen molar-refractivity contribution in [3.63, 3.8) is 0 Å². The number of anilines is 3. The van der Waals surface area contributed by atoms with Crippen LogP contribution in [0.3, 0.4) is 0 Å². The number of benzene rings is 2. The highest BCUT2D eigenvalue weighted by Crippen LogP contribution is 2.42. The average Bonchev–Trinajstić information content (AvgIpc) is 3.23. The van der Waals surface area contributed by atoms with Crippen molar-refractivity contribution in [2.24, 2.45) is 17.4 Å². The molecule has 0 saturated carbocycles. The number of hydrogen-bond donors (Lipinski definition) is 3. The van der Waals surface area contributed by atoms with Gasteiger partial charge in [0.1, 0.15) is 0 Å². The fourth-order valence-corrected chi connectivity index (χ4v) is 3.93. The summed E-state index contributed by atoms with van der Waals surface area (Å²) in [7, 11) is 0. The van der Waals surface area contributed by atoms with Gasteiger partial charge in [-0.15, -0.1) is 0 Å². The molecule has 0 radical (unpaired) electrons. The van der Waals surface area contributed by atoms with Crippen LogP contribution in [0.5, 0.6) is 0 Å². The summed E-state index contributed by atoms with van der Waals surface area (Å²) >= 11 is 0. The van der Waals surface area contributed by atoms with Crippen LogP contribution in [0.1, 0.15) is 19.4 Å². The molecule has 1 aromatic heterocycles. The lowest BCUT2D eigenvalue weighted by Gasteiger charge is -2.35. The Morgan fingerprint density at radius 1 is 1.17 bits per heavy atom. The van der Waals surface area contributed by atoms with Gasteiger partial charge in [-0.2, -0.15) is 10.4 Å². The summed E-state index contributed by atoms with van der Waals surface area (Å²) < 4.78 is 0. The van der Waals surface area contributed by atoms with Crippen molar-refractivity contribution < 1.29 is 0 Å². The number of fused-ring (bicyclic) bond motifs is 1. The first-order chi connectivity index (χ1) is 14.0. The second kappa shape index (κ2) is 7.59. The minimum Gasteiger partial charge on any atom is -0.339 e. The van der Waals surface area contributed by atoms with E-state index < -0.39 is 0 Å². The lowest BCUT2D eigenvalue weighted by molar-refractivity contribution is 0.423. The third kappa shape index (κ3) is 3.44. The van der Waals surface area contributed by atoms with Crippen LogP contribution in [-0.4, -0.2) is 29.1 Å². The van der Waals surface area contributed by atoms with Crippen LogP contribution in [0.15, 0.2) is 54.9 Å². The Kier molecular flexibility index (Phi) is 4.97. The number of rotatable bonds is 3. The normalized spacial score (nSPS) is 20.0. The summed E-state index contributed by atoms with van der Waals surface area (Å²) in [6.07, 6.45) is 3.24. The standard InChI is InChI=1S/C22H25N7/c1-14-13-28(19-6-3-16(10-23)4-7-19)21-9-17(18-11-26-27-12-18)5-8-20(21)29(15(2)24)22(14)25/h3-9,11-12,14-15,22H,13,24-25H2,1-2H3,(H,26,27). The van der Waals surface area contributed by atoms with Crippen molar-refractivity contribution in [1.29, 1.82) is 5.26 Å². The fraction of sp³-hybridized carbons (Fsp3) is 0.273. The van der Waals surface area contributed by atoms with Gasteiger partial charge in [0.05, 0.1) is 41.5 Å². The summed E-state index contributed by atoms with van der Waals surface area (Å²) in [6, 6.07) is 16.1. The number of H-pyrrole nitrogens is 1. The quantitative estimate of drug-likeness (QED) is 0.637. The second-order valence-corrected chi connectivity index (χ2v) is 7.58. The summed E-state index contributed by atoms with van der Waals surface area (Å²) in [5, 5.41) is 16.1. The van der Waals surface area contributed by atoms with Crippen LogP contribution in [0.25, 0.3) is 11.1 Å².